The fourth-order valence-electron chi connectivity index (χ4n) is 4.26. The van der Waals surface area contributed by atoms with Crippen molar-refractivity contribution < 1.29 is 39.5 Å². The molecule has 1 saturated carbocycles. The first-order chi connectivity index (χ1) is 15.7. The normalized spacial score (nSPS) is 24.7. The van der Waals surface area contributed by atoms with Gasteiger partial charge in [-0.3, -0.25) is 9.59 Å². The van der Waals surface area contributed by atoms with E-state index in [1.54, 1.807) is 6.08 Å². The van der Waals surface area contributed by atoms with Crippen LogP contribution in [0.15, 0.2) is 12.2 Å². The number of hydrogen-bond donors (Lipinski definition) is 4. The van der Waals surface area contributed by atoms with Gasteiger partial charge in [-0.15, -0.1) is 0 Å². The summed E-state index contributed by atoms with van der Waals surface area (Å²) >= 11 is 0. The summed E-state index contributed by atoms with van der Waals surface area (Å²) in [5.74, 6) is -1.06. The van der Waals surface area contributed by atoms with Crippen LogP contribution in [0.5, 0.6) is 0 Å². The van der Waals surface area contributed by atoms with Crippen LogP contribution in [0.2, 0.25) is 0 Å². The van der Waals surface area contributed by atoms with Crippen molar-refractivity contribution >= 4 is 11.9 Å². The summed E-state index contributed by atoms with van der Waals surface area (Å²) < 4.78 is 9.61. The molecule has 1 fully saturated rings. The highest BCUT2D eigenvalue weighted by Crippen LogP contribution is 2.37. The summed E-state index contributed by atoms with van der Waals surface area (Å²) in [7, 11) is 0. The third-order valence-electron chi connectivity index (χ3n) is 6.16. The molecule has 0 aromatic carbocycles. The summed E-state index contributed by atoms with van der Waals surface area (Å²) in [6.07, 6.45) is 9.57. The second-order valence-electron chi connectivity index (χ2n) is 9.15. The number of hydrogen-bond acceptors (Lipinski definition) is 8. The van der Waals surface area contributed by atoms with Crippen molar-refractivity contribution in [2.45, 2.75) is 109 Å². The van der Waals surface area contributed by atoms with Gasteiger partial charge in [0.15, 0.2) is 0 Å². The Hall–Kier alpha value is -1.48. The number of rotatable bonds is 17. The molecule has 0 bridgehead atoms. The van der Waals surface area contributed by atoms with Gasteiger partial charge >= 0.3 is 11.9 Å². The number of ether oxygens (including phenoxy) is 2. The van der Waals surface area contributed by atoms with Crippen LogP contribution >= 0.6 is 0 Å². The first-order valence-corrected chi connectivity index (χ1v) is 12.4. The van der Waals surface area contributed by atoms with E-state index in [4.69, 9.17) is 4.74 Å². The topological polar surface area (TPSA) is 134 Å². The van der Waals surface area contributed by atoms with Crippen LogP contribution < -0.4 is 0 Å². The van der Waals surface area contributed by atoms with Gasteiger partial charge in [0.2, 0.25) is 0 Å². The van der Waals surface area contributed by atoms with Gasteiger partial charge in [0.1, 0.15) is 19.3 Å². The van der Waals surface area contributed by atoms with Crippen LogP contribution in [-0.2, 0) is 19.1 Å². The molecule has 8 heteroatoms. The van der Waals surface area contributed by atoms with Crippen molar-refractivity contribution in [1.82, 2.24) is 0 Å². The molecule has 0 heterocycles. The van der Waals surface area contributed by atoms with Crippen LogP contribution in [0.3, 0.4) is 0 Å². The van der Waals surface area contributed by atoms with Crippen molar-refractivity contribution in [3.63, 3.8) is 0 Å². The third-order valence-corrected chi connectivity index (χ3v) is 6.16. The fraction of sp³-hybridized carbons (Fsp3) is 0.840. The average molecular weight is 473 g/mol. The minimum absolute atomic E-state index is 0.0252. The zero-order valence-electron chi connectivity index (χ0n) is 20.2. The van der Waals surface area contributed by atoms with E-state index < -0.39 is 36.4 Å². The summed E-state index contributed by atoms with van der Waals surface area (Å²) in [4.78, 5) is 22.4. The second-order valence-corrected chi connectivity index (χ2v) is 9.15. The lowest BCUT2D eigenvalue weighted by Crippen LogP contribution is -2.24. The van der Waals surface area contributed by atoms with Crippen molar-refractivity contribution in [3.05, 3.63) is 12.2 Å². The standard InChI is InChI=1S/C25H44O8/c1-3-4-7-10-19(27)13-14-22-21(23(29)15-24(22)30)11-8-5-6-9-12-25(31)33-17-20(28)16-32-18(2)26/h13-14,19-24,27-30H,3-12,15-17H2,1-2H3/b14-13+/t19-,20-,21+,22+,23-,24+/m0/s1. The SMILES string of the molecule is CCCCC[C@H](O)/C=C/[C@@H]1[C@@H](CCCCCCC(=O)OC[C@@H](O)COC(C)=O)[C@@H](O)C[C@H]1O. The second kappa shape index (κ2) is 17.0. The van der Waals surface area contributed by atoms with E-state index in [2.05, 4.69) is 11.7 Å². The van der Waals surface area contributed by atoms with Crippen LogP contribution in [0.4, 0.5) is 0 Å². The quantitative estimate of drug-likeness (QED) is 0.144. The highest BCUT2D eigenvalue weighted by Gasteiger charge is 2.39. The van der Waals surface area contributed by atoms with Gasteiger partial charge in [-0.25, -0.2) is 0 Å². The highest BCUT2D eigenvalue weighted by atomic mass is 16.6. The summed E-state index contributed by atoms with van der Waals surface area (Å²) in [6, 6.07) is 0. The Morgan fingerprint density at radius 2 is 1.67 bits per heavy atom. The molecule has 0 radical (unpaired) electrons. The van der Waals surface area contributed by atoms with E-state index in [0.717, 1.165) is 44.9 Å². The fourth-order valence-corrected chi connectivity index (χ4v) is 4.26. The van der Waals surface area contributed by atoms with Gasteiger partial charge in [-0.2, -0.15) is 0 Å². The Kier molecular flexibility index (Phi) is 15.2. The summed E-state index contributed by atoms with van der Waals surface area (Å²) in [5, 5.41) is 40.3. The van der Waals surface area contributed by atoms with E-state index >= 15 is 0 Å². The maximum Gasteiger partial charge on any atom is 0.305 e. The molecule has 0 aliphatic heterocycles. The Bertz CT molecular complexity index is 579. The van der Waals surface area contributed by atoms with Crippen molar-refractivity contribution in [1.29, 1.82) is 0 Å². The molecule has 1 aliphatic rings. The lowest BCUT2D eigenvalue weighted by atomic mass is 9.88. The molecule has 1 aliphatic carbocycles. The summed E-state index contributed by atoms with van der Waals surface area (Å²) in [5.41, 5.74) is 0. The van der Waals surface area contributed by atoms with E-state index in [9.17, 15) is 30.0 Å². The largest absolute Gasteiger partial charge is 0.463 e. The minimum atomic E-state index is -1.02. The van der Waals surface area contributed by atoms with Gasteiger partial charge < -0.3 is 29.9 Å². The Morgan fingerprint density at radius 1 is 0.970 bits per heavy atom. The molecule has 6 atom stereocenters. The number of aliphatic hydroxyl groups is 4. The third kappa shape index (κ3) is 13.1. The molecule has 0 aromatic heterocycles. The Morgan fingerprint density at radius 3 is 2.36 bits per heavy atom. The number of carbonyl (C=O) groups is 2. The zero-order chi connectivity index (χ0) is 24.6. The molecular weight excluding hydrogens is 428 g/mol. The molecule has 0 amide bonds. The van der Waals surface area contributed by atoms with Crippen molar-refractivity contribution in [2.75, 3.05) is 13.2 Å². The smallest absolute Gasteiger partial charge is 0.305 e. The number of carbonyl (C=O) groups excluding carboxylic acids is 2. The molecule has 0 unspecified atom stereocenters. The van der Waals surface area contributed by atoms with Crippen LogP contribution in [-0.4, -0.2) is 70.0 Å². The van der Waals surface area contributed by atoms with Crippen molar-refractivity contribution in [3.8, 4) is 0 Å². The molecule has 0 aromatic rings. The molecule has 4 N–H and O–H groups in total. The first kappa shape index (κ1) is 29.6. The van der Waals surface area contributed by atoms with Crippen LogP contribution in [0, 0.1) is 11.8 Å². The lowest BCUT2D eigenvalue weighted by Gasteiger charge is -2.21. The van der Waals surface area contributed by atoms with E-state index in [0.29, 0.717) is 19.3 Å². The molecule has 0 saturated heterocycles. The molecule has 192 valence electrons. The zero-order valence-corrected chi connectivity index (χ0v) is 20.2. The minimum Gasteiger partial charge on any atom is -0.463 e. The molecular formula is C25H44O8. The molecule has 1 rings (SSSR count). The van der Waals surface area contributed by atoms with E-state index in [-0.39, 0.29) is 31.5 Å². The van der Waals surface area contributed by atoms with Gasteiger partial charge in [0, 0.05) is 25.7 Å². The van der Waals surface area contributed by atoms with E-state index in [1.165, 1.54) is 6.92 Å². The lowest BCUT2D eigenvalue weighted by molar-refractivity contribution is -0.151. The molecule has 33 heavy (non-hydrogen) atoms. The van der Waals surface area contributed by atoms with Gasteiger partial charge in [-0.05, 0) is 25.2 Å². The van der Waals surface area contributed by atoms with Crippen LogP contribution in [0.1, 0.15) is 84.5 Å². The monoisotopic (exact) mass is 472 g/mol. The average Bonchev–Trinajstić information content (AvgIpc) is 3.03. The maximum atomic E-state index is 11.7. The van der Waals surface area contributed by atoms with Gasteiger partial charge in [0.05, 0.1) is 18.3 Å². The number of aliphatic hydroxyl groups excluding tert-OH is 4. The first-order valence-electron chi connectivity index (χ1n) is 12.4. The number of unbranched alkanes of at least 4 members (excludes halogenated alkanes) is 5. The highest BCUT2D eigenvalue weighted by molar-refractivity contribution is 5.69. The van der Waals surface area contributed by atoms with Gasteiger partial charge in [0.25, 0.3) is 0 Å². The number of esters is 2. The predicted molar refractivity (Wildman–Crippen MR) is 124 cm³/mol. The molecule has 0 spiro atoms. The van der Waals surface area contributed by atoms with Crippen LogP contribution in [0.25, 0.3) is 0 Å². The van der Waals surface area contributed by atoms with Crippen molar-refractivity contribution in [2.24, 2.45) is 11.8 Å². The maximum absolute atomic E-state index is 11.7. The summed E-state index contributed by atoms with van der Waals surface area (Å²) in [6.45, 7) is 2.97. The predicted octanol–water partition coefficient (Wildman–Crippen LogP) is 2.65. The Balaban J connectivity index is 2.23. The van der Waals surface area contributed by atoms with Gasteiger partial charge in [-0.1, -0.05) is 57.6 Å². The Labute approximate surface area is 198 Å². The van der Waals surface area contributed by atoms with E-state index in [1.807, 2.05) is 6.08 Å². The molecule has 8 nitrogen and oxygen atoms in total.